The van der Waals surface area contributed by atoms with Crippen LogP contribution in [0.5, 0.6) is 0 Å². The maximum absolute atomic E-state index is 11.7. The van der Waals surface area contributed by atoms with Crippen molar-refractivity contribution in [3.05, 3.63) is 57.8 Å². The van der Waals surface area contributed by atoms with Crippen molar-refractivity contribution in [2.75, 3.05) is 0 Å². The Labute approximate surface area is 104 Å². The summed E-state index contributed by atoms with van der Waals surface area (Å²) in [6.45, 7) is 1.08. The van der Waals surface area contributed by atoms with E-state index in [-0.39, 0.29) is 5.91 Å². The van der Waals surface area contributed by atoms with Gasteiger partial charge in [-0.2, -0.15) is 11.3 Å². The molecule has 88 valence electrons. The largest absolute Gasteiger partial charge is 0.348 e. The van der Waals surface area contributed by atoms with E-state index in [0.717, 1.165) is 11.1 Å². The SMILES string of the molecule is NCc1ccc(CNC(=O)c2ccsc2)cc1. The van der Waals surface area contributed by atoms with Crippen LogP contribution in [0.25, 0.3) is 0 Å². The first-order valence-electron chi connectivity index (χ1n) is 5.38. The van der Waals surface area contributed by atoms with Crippen LogP contribution in [-0.2, 0) is 13.1 Å². The van der Waals surface area contributed by atoms with Gasteiger partial charge in [-0.25, -0.2) is 0 Å². The van der Waals surface area contributed by atoms with Crippen molar-refractivity contribution in [2.24, 2.45) is 5.73 Å². The quantitative estimate of drug-likeness (QED) is 0.868. The molecule has 0 aliphatic heterocycles. The highest BCUT2D eigenvalue weighted by molar-refractivity contribution is 7.08. The molecular formula is C13H14N2OS. The maximum Gasteiger partial charge on any atom is 0.252 e. The number of hydrogen-bond donors (Lipinski definition) is 2. The summed E-state index contributed by atoms with van der Waals surface area (Å²) < 4.78 is 0. The summed E-state index contributed by atoms with van der Waals surface area (Å²) in [7, 11) is 0. The molecule has 17 heavy (non-hydrogen) atoms. The molecule has 3 N–H and O–H groups in total. The van der Waals surface area contributed by atoms with Gasteiger partial charge in [0.1, 0.15) is 0 Å². The van der Waals surface area contributed by atoms with Crippen molar-refractivity contribution < 1.29 is 4.79 Å². The van der Waals surface area contributed by atoms with E-state index in [1.165, 1.54) is 11.3 Å². The molecule has 2 aromatic rings. The predicted molar refractivity (Wildman–Crippen MR) is 69.8 cm³/mol. The van der Waals surface area contributed by atoms with Crippen molar-refractivity contribution in [1.29, 1.82) is 0 Å². The molecule has 2 rings (SSSR count). The Bertz CT molecular complexity index is 477. The number of carbonyl (C=O) groups is 1. The van der Waals surface area contributed by atoms with E-state index in [9.17, 15) is 4.79 Å². The minimum absolute atomic E-state index is 0.0332. The van der Waals surface area contributed by atoms with E-state index in [2.05, 4.69) is 5.32 Å². The molecule has 4 heteroatoms. The molecule has 0 aliphatic carbocycles. The van der Waals surface area contributed by atoms with Gasteiger partial charge in [-0.1, -0.05) is 24.3 Å². The van der Waals surface area contributed by atoms with Gasteiger partial charge in [-0.05, 0) is 22.6 Å². The predicted octanol–water partition coefficient (Wildman–Crippen LogP) is 2.14. The number of nitrogens with one attached hydrogen (secondary N) is 1. The molecule has 1 heterocycles. The van der Waals surface area contributed by atoms with Gasteiger partial charge < -0.3 is 11.1 Å². The molecule has 0 atom stereocenters. The van der Waals surface area contributed by atoms with Gasteiger partial charge in [-0.3, -0.25) is 4.79 Å². The first kappa shape index (κ1) is 11.8. The Hall–Kier alpha value is -1.65. The van der Waals surface area contributed by atoms with Gasteiger partial charge in [0.15, 0.2) is 0 Å². The van der Waals surface area contributed by atoms with Crippen LogP contribution in [0.4, 0.5) is 0 Å². The van der Waals surface area contributed by atoms with Crippen LogP contribution in [0.3, 0.4) is 0 Å². The average Bonchev–Trinajstić information content (AvgIpc) is 2.90. The molecule has 0 saturated carbocycles. The summed E-state index contributed by atoms with van der Waals surface area (Å²) >= 11 is 1.52. The third kappa shape index (κ3) is 3.15. The second-order valence-electron chi connectivity index (χ2n) is 3.72. The number of amides is 1. The van der Waals surface area contributed by atoms with E-state index < -0.39 is 0 Å². The molecule has 1 amide bonds. The van der Waals surface area contributed by atoms with E-state index in [1.807, 2.05) is 41.1 Å². The molecule has 0 aliphatic rings. The van der Waals surface area contributed by atoms with Gasteiger partial charge in [0, 0.05) is 24.0 Å². The van der Waals surface area contributed by atoms with Crippen molar-refractivity contribution in [3.8, 4) is 0 Å². The lowest BCUT2D eigenvalue weighted by Gasteiger charge is -2.04. The zero-order valence-electron chi connectivity index (χ0n) is 9.35. The fraction of sp³-hybridized carbons (Fsp3) is 0.154. The monoisotopic (exact) mass is 246 g/mol. The van der Waals surface area contributed by atoms with Gasteiger partial charge in [0.2, 0.25) is 0 Å². The third-order valence-electron chi connectivity index (χ3n) is 2.50. The fourth-order valence-electron chi connectivity index (χ4n) is 1.47. The van der Waals surface area contributed by atoms with Crippen LogP contribution in [-0.4, -0.2) is 5.91 Å². The van der Waals surface area contributed by atoms with E-state index in [1.54, 1.807) is 0 Å². The number of thiophene rings is 1. The lowest BCUT2D eigenvalue weighted by atomic mass is 10.1. The number of nitrogens with two attached hydrogens (primary N) is 1. The van der Waals surface area contributed by atoms with Crippen molar-refractivity contribution in [2.45, 2.75) is 13.1 Å². The molecule has 0 fully saturated rings. The summed E-state index contributed by atoms with van der Waals surface area (Å²) in [6.07, 6.45) is 0. The van der Waals surface area contributed by atoms with Crippen molar-refractivity contribution in [3.63, 3.8) is 0 Å². The lowest BCUT2D eigenvalue weighted by Crippen LogP contribution is -2.22. The van der Waals surface area contributed by atoms with Crippen LogP contribution in [0, 0.1) is 0 Å². The molecular weight excluding hydrogens is 232 g/mol. The molecule has 0 saturated heterocycles. The molecule has 3 nitrogen and oxygen atoms in total. The third-order valence-corrected chi connectivity index (χ3v) is 3.18. The van der Waals surface area contributed by atoms with Gasteiger partial charge in [0.25, 0.3) is 5.91 Å². The summed E-state index contributed by atoms with van der Waals surface area (Å²) in [6, 6.07) is 9.74. The summed E-state index contributed by atoms with van der Waals surface area (Å²) in [5.74, 6) is -0.0332. The molecule has 1 aromatic heterocycles. The standard InChI is InChI=1S/C13H14N2OS/c14-7-10-1-3-11(4-2-10)8-15-13(16)12-5-6-17-9-12/h1-6,9H,7-8,14H2,(H,15,16). The highest BCUT2D eigenvalue weighted by atomic mass is 32.1. The van der Waals surface area contributed by atoms with Crippen LogP contribution < -0.4 is 11.1 Å². The first-order chi connectivity index (χ1) is 8.29. The topological polar surface area (TPSA) is 55.1 Å². The van der Waals surface area contributed by atoms with Gasteiger partial charge in [0.05, 0.1) is 0 Å². The zero-order chi connectivity index (χ0) is 12.1. The van der Waals surface area contributed by atoms with Gasteiger partial charge in [-0.15, -0.1) is 0 Å². The Morgan fingerprint density at radius 2 is 1.88 bits per heavy atom. The molecule has 0 spiro atoms. The molecule has 1 aromatic carbocycles. The number of benzene rings is 1. The van der Waals surface area contributed by atoms with Crippen LogP contribution in [0.15, 0.2) is 41.1 Å². The highest BCUT2D eigenvalue weighted by Gasteiger charge is 2.04. The lowest BCUT2D eigenvalue weighted by molar-refractivity contribution is 0.0951. The minimum atomic E-state index is -0.0332. The summed E-state index contributed by atoms with van der Waals surface area (Å²) in [5.41, 5.74) is 8.40. The molecule has 0 bridgehead atoms. The molecule has 0 radical (unpaired) electrons. The Kier molecular flexibility index (Phi) is 3.90. The van der Waals surface area contributed by atoms with Crippen LogP contribution in [0.1, 0.15) is 21.5 Å². The normalized spacial score (nSPS) is 10.2. The van der Waals surface area contributed by atoms with Gasteiger partial charge >= 0.3 is 0 Å². The smallest absolute Gasteiger partial charge is 0.252 e. The fourth-order valence-corrected chi connectivity index (χ4v) is 2.11. The average molecular weight is 246 g/mol. The van der Waals surface area contributed by atoms with E-state index >= 15 is 0 Å². The molecule has 0 unspecified atom stereocenters. The highest BCUT2D eigenvalue weighted by Crippen LogP contribution is 2.07. The zero-order valence-corrected chi connectivity index (χ0v) is 10.2. The summed E-state index contributed by atoms with van der Waals surface area (Å²) in [5, 5.41) is 6.61. The second kappa shape index (κ2) is 5.61. The van der Waals surface area contributed by atoms with Crippen LogP contribution in [0.2, 0.25) is 0 Å². The Balaban J connectivity index is 1.91. The number of hydrogen-bond acceptors (Lipinski definition) is 3. The van der Waals surface area contributed by atoms with Crippen molar-refractivity contribution >= 4 is 17.2 Å². The second-order valence-corrected chi connectivity index (χ2v) is 4.50. The van der Waals surface area contributed by atoms with E-state index in [4.69, 9.17) is 5.73 Å². The minimum Gasteiger partial charge on any atom is -0.348 e. The summed E-state index contributed by atoms with van der Waals surface area (Å²) in [4.78, 5) is 11.7. The van der Waals surface area contributed by atoms with Crippen molar-refractivity contribution in [1.82, 2.24) is 5.32 Å². The number of rotatable bonds is 4. The Morgan fingerprint density at radius 3 is 2.47 bits per heavy atom. The van der Waals surface area contributed by atoms with E-state index in [0.29, 0.717) is 18.7 Å². The first-order valence-corrected chi connectivity index (χ1v) is 6.32. The Morgan fingerprint density at radius 1 is 1.18 bits per heavy atom. The van der Waals surface area contributed by atoms with Crippen LogP contribution >= 0.6 is 11.3 Å². The number of carbonyl (C=O) groups excluding carboxylic acids is 1. The maximum atomic E-state index is 11.7.